The van der Waals surface area contributed by atoms with Crippen LogP contribution in [0.15, 0.2) is 11.6 Å². The molecular weight excluding hydrogens is 268 g/mol. The molecule has 2 rings (SSSR count). The number of rotatable bonds is 6. The summed E-state index contributed by atoms with van der Waals surface area (Å²) in [5, 5.41) is 5.60. The third kappa shape index (κ3) is 2.99. The highest BCUT2D eigenvalue weighted by Crippen LogP contribution is 2.26. The molecule has 20 heavy (non-hydrogen) atoms. The lowest BCUT2D eigenvalue weighted by molar-refractivity contribution is 0.500. The molecule has 2 heterocycles. The van der Waals surface area contributed by atoms with Crippen molar-refractivity contribution in [2.45, 2.75) is 53.2 Å². The lowest BCUT2D eigenvalue weighted by atomic mass is 10.1. The molecule has 4 nitrogen and oxygen atoms in total. The molecule has 0 saturated carbocycles. The van der Waals surface area contributed by atoms with Crippen molar-refractivity contribution >= 4 is 22.1 Å². The van der Waals surface area contributed by atoms with Gasteiger partial charge in [-0.25, -0.2) is 4.98 Å². The van der Waals surface area contributed by atoms with E-state index in [4.69, 9.17) is 4.98 Å². The number of fused-ring (bicyclic) bond motifs is 1. The number of nitrogens with zero attached hydrogens (tertiary/aromatic N) is 3. The average molecular weight is 294 g/mol. The lowest BCUT2D eigenvalue weighted by Crippen LogP contribution is -2.34. The Morgan fingerprint density at radius 2 is 2.00 bits per heavy atom. The van der Waals surface area contributed by atoms with E-state index in [2.05, 4.69) is 67.9 Å². The molecule has 0 aliphatic rings. The van der Waals surface area contributed by atoms with Crippen LogP contribution in [0.2, 0.25) is 0 Å². The maximum atomic E-state index is 4.82. The molecule has 0 aliphatic heterocycles. The summed E-state index contributed by atoms with van der Waals surface area (Å²) in [6.07, 6.45) is 2.11. The highest BCUT2D eigenvalue weighted by Gasteiger charge is 2.21. The molecule has 0 bridgehead atoms. The summed E-state index contributed by atoms with van der Waals surface area (Å²) in [5.74, 6) is 1.71. The second kappa shape index (κ2) is 6.14. The smallest absolute Gasteiger partial charge is 0.195 e. The second-order valence-corrected chi connectivity index (χ2v) is 6.94. The standard InChI is InChI=1S/C15H26N4S/c1-10(2)12(5)18(6)14-13(9-16-11(3)4)19-7-8-20-15(19)17-14/h7-8,10-12,16H,9H2,1-6H3. The van der Waals surface area contributed by atoms with Gasteiger partial charge in [-0.3, -0.25) is 4.40 Å². The highest BCUT2D eigenvalue weighted by atomic mass is 32.1. The molecule has 2 aromatic rings. The normalized spacial score (nSPS) is 13.6. The zero-order chi connectivity index (χ0) is 14.9. The van der Waals surface area contributed by atoms with E-state index in [-0.39, 0.29) is 0 Å². The van der Waals surface area contributed by atoms with Crippen LogP contribution in [-0.4, -0.2) is 28.5 Å². The Labute approximate surface area is 125 Å². The van der Waals surface area contributed by atoms with Gasteiger partial charge in [-0.2, -0.15) is 0 Å². The van der Waals surface area contributed by atoms with Crippen LogP contribution >= 0.6 is 11.3 Å². The minimum absolute atomic E-state index is 0.470. The quantitative estimate of drug-likeness (QED) is 0.886. The third-order valence-electron chi connectivity index (χ3n) is 3.93. The molecule has 0 amide bonds. The molecule has 0 spiro atoms. The fourth-order valence-electron chi connectivity index (χ4n) is 2.21. The summed E-state index contributed by atoms with van der Waals surface area (Å²) < 4.78 is 2.21. The van der Waals surface area contributed by atoms with Gasteiger partial charge >= 0.3 is 0 Å². The van der Waals surface area contributed by atoms with Crippen LogP contribution in [0.4, 0.5) is 5.82 Å². The van der Waals surface area contributed by atoms with Gasteiger partial charge in [-0.15, -0.1) is 11.3 Å². The lowest BCUT2D eigenvalue weighted by Gasteiger charge is -2.29. The van der Waals surface area contributed by atoms with Crippen LogP contribution in [0.25, 0.3) is 4.96 Å². The first-order valence-corrected chi connectivity index (χ1v) is 8.20. The zero-order valence-corrected chi connectivity index (χ0v) is 14.2. The molecular formula is C15H26N4S. The molecule has 5 heteroatoms. The van der Waals surface area contributed by atoms with E-state index in [0.717, 1.165) is 17.3 Å². The topological polar surface area (TPSA) is 32.6 Å². The number of imidazole rings is 1. The Morgan fingerprint density at radius 3 is 2.60 bits per heavy atom. The van der Waals surface area contributed by atoms with Crippen molar-refractivity contribution in [1.82, 2.24) is 14.7 Å². The summed E-state index contributed by atoms with van der Waals surface area (Å²) in [6, 6.07) is 0.942. The van der Waals surface area contributed by atoms with Gasteiger partial charge in [0.2, 0.25) is 0 Å². The highest BCUT2D eigenvalue weighted by molar-refractivity contribution is 7.15. The molecule has 2 aromatic heterocycles. The van der Waals surface area contributed by atoms with Gasteiger partial charge in [0, 0.05) is 37.3 Å². The second-order valence-electron chi connectivity index (χ2n) is 6.07. The predicted octanol–water partition coefficient (Wildman–Crippen LogP) is 3.37. The van der Waals surface area contributed by atoms with Crippen LogP contribution in [0, 0.1) is 5.92 Å². The van der Waals surface area contributed by atoms with E-state index in [1.54, 1.807) is 11.3 Å². The number of anilines is 1. The minimum atomic E-state index is 0.470. The van der Waals surface area contributed by atoms with Gasteiger partial charge in [0.1, 0.15) is 0 Å². The van der Waals surface area contributed by atoms with Crippen LogP contribution in [0.1, 0.15) is 40.3 Å². The van der Waals surface area contributed by atoms with E-state index < -0.39 is 0 Å². The van der Waals surface area contributed by atoms with Crippen molar-refractivity contribution in [2.75, 3.05) is 11.9 Å². The Kier molecular flexibility index (Phi) is 4.70. The van der Waals surface area contributed by atoms with Crippen molar-refractivity contribution in [3.8, 4) is 0 Å². The van der Waals surface area contributed by atoms with Crippen LogP contribution in [0.5, 0.6) is 0 Å². The van der Waals surface area contributed by atoms with Crippen molar-refractivity contribution in [3.05, 3.63) is 17.3 Å². The minimum Gasteiger partial charge on any atom is -0.355 e. The summed E-state index contributed by atoms with van der Waals surface area (Å²) in [4.78, 5) is 8.20. The van der Waals surface area contributed by atoms with Gasteiger partial charge in [0.15, 0.2) is 10.8 Å². The van der Waals surface area contributed by atoms with Crippen molar-refractivity contribution in [2.24, 2.45) is 5.92 Å². The van der Waals surface area contributed by atoms with Crippen LogP contribution < -0.4 is 10.2 Å². The summed E-state index contributed by atoms with van der Waals surface area (Å²) in [6.45, 7) is 12.0. The number of nitrogens with one attached hydrogen (secondary N) is 1. The Hall–Kier alpha value is -1.07. The summed E-state index contributed by atoms with van der Waals surface area (Å²) >= 11 is 1.69. The molecule has 1 unspecified atom stereocenters. The number of thiazole rings is 1. The fraction of sp³-hybridized carbons (Fsp3) is 0.667. The SMILES string of the molecule is CC(C)NCc1c(N(C)C(C)C(C)C)nc2sccn12. The molecule has 0 aromatic carbocycles. The number of aromatic nitrogens is 2. The number of hydrogen-bond donors (Lipinski definition) is 1. The molecule has 1 N–H and O–H groups in total. The molecule has 0 saturated heterocycles. The fourth-order valence-corrected chi connectivity index (χ4v) is 2.94. The maximum absolute atomic E-state index is 4.82. The molecule has 0 fully saturated rings. The molecule has 1 atom stereocenters. The average Bonchev–Trinajstić information content (AvgIpc) is 2.94. The van der Waals surface area contributed by atoms with Crippen LogP contribution in [-0.2, 0) is 6.54 Å². The monoisotopic (exact) mass is 294 g/mol. The van der Waals surface area contributed by atoms with E-state index in [1.807, 2.05) is 0 Å². The Bertz CT molecular complexity index is 555. The predicted molar refractivity (Wildman–Crippen MR) is 87.7 cm³/mol. The van der Waals surface area contributed by atoms with Crippen molar-refractivity contribution in [1.29, 1.82) is 0 Å². The first-order valence-electron chi connectivity index (χ1n) is 7.32. The molecule has 0 aliphatic carbocycles. The number of hydrogen-bond acceptors (Lipinski definition) is 4. The largest absolute Gasteiger partial charge is 0.355 e. The maximum Gasteiger partial charge on any atom is 0.195 e. The van der Waals surface area contributed by atoms with Gasteiger partial charge < -0.3 is 10.2 Å². The molecule has 112 valence electrons. The summed E-state index contributed by atoms with van der Waals surface area (Å²) in [5.41, 5.74) is 1.25. The van der Waals surface area contributed by atoms with Gasteiger partial charge in [0.05, 0.1) is 5.69 Å². The van der Waals surface area contributed by atoms with E-state index in [1.165, 1.54) is 5.69 Å². The third-order valence-corrected chi connectivity index (χ3v) is 4.68. The van der Waals surface area contributed by atoms with E-state index >= 15 is 0 Å². The van der Waals surface area contributed by atoms with Gasteiger partial charge in [-0.05, 0) is 12.8 Å². The van der Waals surface area contributed by atoms with E-state index in [9.17, 15) is 0 Å². The van der Waals surface area contributed by atoms with E-state index in [0.29, 0.717) is 18.0 Å². The zero-order valence-electron chi connectivity index (χ0n) is 13.3. The van der Waals surface area contributed by atoms with Gasteiger partial charge in [-0.1, -0.05) is 27.7 Å². The Balaban J connectivity index is 2.35. The first kappa shape index (κ1) is 15.3. The van der Waals surface area contributed by atoms with Crippen molar-refractivity contribution < 1.29 is 0 Å². The van der Waals surface area contributed by atoms with Crippen LogP contribution in [0.3, 0.4) is 0 Å². The molecule has 0 radical (unpaired) electrons. The summed E-state index contributed by atoms with van der Waals surface area (Å²) in [7, 11) is 2.15. The van der Waals surface area contributed by atoms with Gasteiger partial charge in [0.25, 0.3) is 0 Å². The first-order chi connectivity index (χ1) is 9.41. The van der Waals surface area contributed by atoms with Crippen molar-refractivity contribution in [3.63, 3.8) is 0 Å². The Morgan fingerprint density at radius 1 is 1.30 bits per heavy atom.